The second-order valence-electron chi connectivity index (χ2n) is 6.28. The van der Waals surface area contributed by atoms with Gasteiger partial charge in [0.05, 0.1) is 25.4 Å². The molecule has 0 amide bonds. The molecule has 0 aromatic carbocycles. The van der Waals surface area contributed by atoms with E-state index in [2.05, 4.69) is 11.4 Å². The maximum absolute atomic E-state index is 9.58. The molecule has 1 heterocycles. The van der Waals surface area contributed by atoms with Crippen LogP contribution < -0.4 is 5.32 Å². The van der Waals surface area contributed by atoms with Crippen molar-refractivity contribution in [3.05, 3.63) is 0 Å². The van der Waals surface area contributed by atoms with Crippen LogP contribution >= 0.6 is 0 Å². The summed E-state index contributed by atoms with van der Waals surface area (Å²) in [6, 6.07) is 3.06. The van der Waals surface area contributed by atoms with E-state index in [0.29, 0.717) is 25.2 Å². The largest absolute Gasteiger partial charge is 0.376 e. The van der Waals surface area contributed by atoms with Crippen molar-refractivity contribution in [1.29, 1.82) is 5.26 Å². The van der Waals surface area contributed by atoms with Crippen LogP contribution in [0.3, 0.4) is 0 Å². The summed E-state index contributed by atoms with van der Waals surface area (Å²) in [5.74, 6) is 0.491. The molecule has 4 heteroatoms. The van der Waals surface area contributed by atoms with Gasteiger partial charge in [-0.05, 0) is 50.9 Å². The fourth-order valence-electron chi connectivity index (χ4n) is 2.89. The SMILES string of the molecule is N#CC(COCC1CCCCO1)(NC1CC1)C1CC1. The van der Waals surface area contributed by atoms with E-state index in [4.69, 9.17) is 9.47 Å². The van der Waals surface area contributed by atoms with Gasteiger partial charge in [-0.15, -0.1) is 0 Å². The zero-order valence-corrected chi connectivity index (χ0v) is 11.6. The molecule has 3 rings (SSSR count). The van der Waals surface area contributed by atoms with Crippen LogP contribution in [0.5, 0.6) is 0 Å². The Bertz CT molecular complexity index is 341. The van der Waals surface area contributed by atoms with Gasteiger partial charge < -0.3 is 9.47 Å². The van der Waals surface area contributed by atoms with Gasteiger partial charge in [-0.25, -0.2) is 0 Å². The second-order valence-corrected chi connectivity index (χ2v) is 6.28. The van der Waals surface area contributed by atoms with E-state index in [1.807, 2.05) is 0 Å². The number of hydrogen-bond acceptors (Lipinski definition) is 4. The summed E-state index contributed by atoms with van der Waals surface area (Å²) in [7, 11) is 0. The van der Waals surface area contributed by atoms with Gasteiger partial charge in [-0.1, -0.05) is 0 Å². The molecule has 2 atom stereocenters. The lowest BCUT2D eigenvalue weighted by Crippen LogP contribution is -2.51. The summed E-state index contributed by atoms with van der Waals surface area (Å²) in [6.07, 6.45) is 8.49. The lowest BCUT2D eigenvalue weighted by Gasteiger charge is -2.29. The van der Waals surface area contributed by atoms with Crippen LogP contribution in [0.1, 0.15) is 44.9 Å². The minimum atomic E-state index is -0.435. The number of nitriles is 1. The molecule has 2 saturated carbocycles. The van der Waals surface area contributed by atoms with Crippen molar-refractivity contribution < 1.29 is 9.47 Å². The highest BCUT2D eigenvalue weighted by atomic mass is 16.5. The topological polar surface area (TPSA) is 54.3 Å². The Balaban J connectivity index is 1.48. The molecule has 106 valence electrons. The number of nitrogens with one attached hydrogen (secondary N) is 1. The normalized spacial score (nSPS) is 30.6. The quantitative estimate of drug-likeness (QED) is 0.764. The van der Waals surface area contributed by atoms with Gasteiger partial charge >= 0.3 is 0 Å². The van der Waals surface area contributed by atoms with E-state index >= 15 is 0 Å². The monoisotopic (exact) mass is 264 g/mol. The molecule has 3 fully saturated rings. The first-order chi connectivity index (χ1) is 9.32. The Hall–Kier alpha value is -0.630. The molecule has 0 radical (unpaired) electrons. The van der Waals surface area contributed by atoms with Crippen LogP contribution in [0, 0.1) is 17.2 Å². The van der Waals surface area contributed by atoms with Crippen LogP contribution in [-0.2, 0) is 9.47 Å². The van der Waals surface area contributed by atoms with Crippen molar-refractivity contribution in [2.24, 2.45) is 5.92 Å². The highest BCUT2D eigenvalue weighted by molar-refractivity contribution is 5.17. The minimum Gasteiger partial charge on any atom is -0.376 e. The molecule has 4 nitrogen and oxygen atoms in total. The first-order valence-corrected chi connectivity index (χ1v) is 7.71. The average molecular weight is 264 g/mol. The van der Waals surface area contributed by atoms with E-state index in [0.717, 1.165) is 25.9 Å². The van der Waals surface area contributed by atoms with Crippen molar-refractivity contribution in [3.8, 4) is 6.07 Å². The lowest BCUT2D eigenvalue weighted by molar-refractivity contribution is -0.0497. The summed E-state index contributed by atoms with van der Waals surface area (Å²) < 4.78 is 11.5. The molecular formula is C15H24N2O2. The molecule has 3 aliphatic rings. The second kappa shape index (κ2) is 5.78. The molecule has 1 aliphatic heterocycles. The number of hydrogen-bond donors (Lipinski definition) is 1. The molecule has 2 aliphatic carbocycles. The van der Waals surface area contributed by atoms with Gasteiger partial charge in [0.25, 0.3) is 0 Å². The Kier molecular flexibility index (Phi) is 4.07. The maximum atomic E-state index is 9.58. The van der Waals surface area contributed by atoms with Gasteiger partial charge in [-0.2, -0.15) is 5.26 Å². The Morgan fingerprint density at radius 2 is 2.05 bits per heavy atom. The first-order valence-electron chi connectivity index (χ1n) is 7.71. The fraction of sp³-hybridized carbons (Fsp3) is 0.933. The Labute approximate surface area is 115 Å². The molecule has 1 saturated heterocycles. The molecule has 0 aromatic rings. The summed E-state index contributed by atoms with van der Waals surface area (Å²) in [5.41, 5.74) is -0.435. The third-order valence-electron chi connectivity index (χ3n) is 4.42. The third kappa shape index (κ3) is 3.47. The Morgan fingerprint density at radius 3 is 2.63 bits per heavy atom. The highest BCUT2D eigenvalue weighted by Gasteiger charge is 2.48. The van der Waals surface area contributed by atoms with E-state index in [-0.39, 0.29) is 6.10 Å². The van der Waals surface area contributed by atoms with Crippen LogP contribution in [0.15, 0.2) is 0 Å². The van der Waals surface area contributed by atoms with E-state index < -0.39 is 5.54 Å². The average Bonchev–Trinajstić information content (AvgIpc) is 3.31. The molecule has 19 heavy (non-hydrogen) atoms. The van der Waals surface area contributed by atoms with Gasteiger partial charge in [0.1, 0.15) is 5.54 Å². The number of ether oxygens (including phenoxy) is 2. The van der Waals surface area contributed by atoms with E-state index in [9.17, 15) is 5.26 Å². The maximum Gasteiger partial charge on any atom is 0.133 e. The van der Waals surface area contributed by atoms with Crippen molar-refractivity contribution in [1.82, 2.24) is 5.32 Å². The number of rotatable bonds is 7. The standard InChI is InChI=1S/C15H24N2O2/c16-10-15(12-4-5-12,17-13-6-7-13)11-18-9-14-3-1-2-8-19-14/h12-14,17H,1-9,11H2. The van der Waals surface area contributed by atoms with Gasteiger partial charge in [0, 0.05) is 12.6 Å². The first kappa shape index (κ1) is 13.4. The van der Waals surface area contributed by atoms with Crippen molar-refractivity contribution in [3.63, 3.8) is 0 Å². The molecular weight excluding hydrogens is 240 g/mol. The third-order valence-corrected chi connectivity index (χ3v) is 4.42. The molecule has 1 N–H and O–H groups in total. The molecule has 2 unspecified atom stereocenters. The molecule has 0 aromatic heterocycles. The summed E-state index contributed by atoms with van der Waals surface area (Å²) in [5, 5.41) is 13.1. The van der Waals surface area contributed by atoms with Crippen LogP contribution in [0.25, 0.3) is 0 Å². The van der Waals surface area contributed by atoms with E-state index in [1.165, 1.54) is 25.7 Å². The zero-order valence-electron chi connectivity index (χ0n) is 11.6. The zero-order chi connectivity index (χ0) is 13.1. The van der Waals surface area contributed by atoms with Crippen LogP contribution in [-0.4, -0.2) is 37.5 Å². The summed E-state index contributed by atoms with van der Waals surface area (Å²) >= 11 is 0. The van der Waals surface area contributed by atoms with Crippen molar-refractivity contribution in [2.45, 2.75) is 62.6 Å². The Morgan fingerprint density at radius 1 is 1.21 bits per heavy atom. The van der Waals surface area contributed by atoms with Gasteiger partial charge in [0.2, 0.25) is 0 Å². The lowest BCUT2D eigenvalue weighted by atomic mass is 9.96. The van der Waals surface area contributed by atoms with E-state index in [1.54, 1.807) is 0 Å². The molecule has 0 spiro atoms. The minimum absolute atomic E-state index is 0.241. The van der Waals surface area contributed by atoms with Crippen LogP contribution in [0.4, 0.5) is 0 Å². The summed E-state index contributed by atoms with van der Waals surface area (Å²) in [6.45, 7) is 2.02. The highest BCUT2D eigenvalue weighted by Crippen LogP contribution is 2.41. The van der Waals surface area contributed by atoms with Crippen LogP contribution in [0.2, 0.25) is 0 Å². The van der Waals surface area contributed by atoms with Crippen molar-refractivity contribution in [2.75, 3.05) is 19.8 Å². The fourth-order valence-corrected chi connectivity index (χ4v) is 2.89. The molecule has 0 bridgehead atoms. The van der Waals surface area contributed by atoms with Crippen molar-refractivity contribution >= 4 is 0 Å². The van der Waals surface area contributed by atoms with Gasteiger partial charge in [0.15, 0.2) is 0 Å². The predicted molar refractivity (Wildman–Crippen MR) is 71.6 cm³/mol. The van der Waals surface area contributed by atoms with Gasteiger partial charge in [-0.3, -0.25) is 5.32 Å². The summed E-state index contributed by atoms with van der Waals surface area (Å²) in [4.78, 5) is 0. The number of nitrogens with zero attached hydrogens (tertiary/aromatic N) is 1. The smallest absolute Gasteiger partial charge is 0.133 e. The predicted octanol–water partition coefficient (Wildman–Crippen LogP) is 2.00.